The monoisotopic (exact) mass is 577 g/mol. The molecule has 1 aliphatic rings. The number of aromatic nitrogens is 3. The van der Waals surface area contributed by atoms with Crippen LogP contribution in [0.2, 0.25) is 0 Å². The summed E-state index contributed by atoms with van der Waals surface area (Å²) in [6, 6.07) is 50.9. The number of pyridine rings is 1. The van der Waals surface area contributed by atoms with Gasteiger partial charge in [-0.3, -0.25) is 4.98 Å². The van der Waals surface area contributed by atoms with E-state index >= 15 is 0 Å². The fourth-order valence-corrected chi connectivity index (χ4v) is 6.73. The Morgan fingerprint density at radius 1 is 0.422 bits per heavy atom. The molecule has 0 fully saturated rings. The van der Waals surface area contributed by atoms with Crippen molar-refractivity contribution in [3.8, 4) is 67.4 Å². The molecule has 0 atom stereocenters. The van der Waals surface area contributed by atoms with E-state index in [0.29, 0.717) is 5.82 Å². The zero-order chi connectivity index (χ0) is 30.4. The Hall–Kier alpha value is -5.67. The van der Waals surface area contributed by atoms with Gasteiger partial charge in [-0.15, -0.1) is 0 Å². The second kappa shape index (κ2) is 10.8. The third kappa shape index (κ3) is 4.65. The maximum absolute atomic E-state index is 5.10. The second-order valence-corrected chi connectivity index (χ2v) is 12.1. The SMILES string of the molecule is CC1(C)c2ccccc2-c2c1ccc(-c1cccc(-c3cc(-c4ccccc4)nc(-c4ccccc4)n3)c1)c2-c1ccccn1. The lowest BCUT2D eigenvalue weighted by molar-refractivity contribution is 0.660. The number of nitrogens with zero attached hydrogens (tertiary/aromatic N) is 3. The summed E-state index contributed by atoms with van der Waals surface area (Å²) in [4.78, 5) is 15.0. The highest BCUT2D eigenvalue weighted by atomic mass is 14.9. The van der Waals surface area contributed by atoms with E-state index in [1.807, 2.05) is 48.7 Å². The van der Waals surface area contributed by atoms with Crippen LogP contribution in [0.3, 0.4) is 0 Å². The Bertz CT molecular complexity index is 2110. The maximum Gasteiger partial charge on any atom is 0.160 e. The Balaban J connectivity index is 1.34. The van der Waals surface area contributed by atoms with Crippen molar-refractivity contribution in [1.82, 2.24) is 15.0 Å². The van der Waals surface area contributed by atoms with Gasteiger partial charge >= 0.3 is 0 Å². The van der Waals surface area contributed by atoms with Crippen LogP contribution in [0.1, 0.15) is 25.0 Å². The van der Waals surface area contributed by atoms with Crippen LogP contribution in [0.5, 0.6) is 0 Å². The lowest BCUT2D eigenvalue weighted by Crippen LogP contribution is -2.14. The van der Waals surface area contributed by atoms with Crippen LogP contribution in [0.25, 0.3) is 67.4 Å². The van der Waals surface area contributed by atoms with Gasteiger partial charge in [0.1, 0.15) is 0 Å². The van der Waals surface area contributed by atoms with Gasteiger partial charge in [0.2, 0.25) is 0 Å². The highest BCUT2D eigenvalue weighted by Gasteiger charge is 2.37. The highest BCUT2D eigenvalue weighted by molar-refractivity contribution is 5.99. The first-order valence-electron chi connectivity index (χ1n) is 15.4. The van der Waals surface area contributed by atoms with E-state index in [-0.39, 0.29) is 5.41 Å². The molecule has 0 N–H and O–H groups in total. The standard InChI is InChI=1S/C42H31N3/c1-42(2)34-21-10-9-20-33(34)39-35(42)24-23-32(40(39)36-22-11-12-25-43-36)30-18-13-19-31(26-30)38-27-37(28-14-5-3-6-15-28)44-41(45-38)29-16-7-4-8-17-29/h3-27H,1-2H3. The summed E-state index contributed by atoms with van der Waals surface area (Å²) in [6.07, 6.45) is 1.89. The zero-order valence-electron chi connectivity index (χ0n) is 25.3. The van der Waals surface area contributed by atoms with E-state index in [0.717, 1.165) is 44.9 Å². The van der Waals surface area contributed by atoms with Gasteiger partial charge in [-0.05, 0) is 57.6 Å². The summed E-state index contributed by atoms with van der Waals surface area (Å²) in [7, 11) is 0. The summed E-state index contributed by atoms with van der Waals surface area (Å²) in [5.74, 6) is 0.711. The minimum atomic E-state index is -0.0987. The quantitative estimate of drug-likeness (QED) is 0.204. The molecule has 0 saturated heterocycles. The predicted octanol–water partition coefficient (Wildman–Crippen LogP) is 10.5. The van der Waals surface area contributed by atoms with Crippen molar-refractivity contribution in [1.29, 1.82) is 0 Å². The molecule has 2 heterocycles. The lowest BCUT2D eigenvalue weighted by atomic mass is 9.81. The molecule has 8 rings (SSSR count). The van der Waals surface area contributed by atoms with Gasteiger partial charge in [0.25, 0.3) is 0 Å². The molecule has 3 nitrogen and oxygen atoms in total. The van der Waals surface area contributed by atoms with E-state index in [2.05, 4.69) is 117 Å². The zero-order valence-corrected chi connectivity index (χ0v) is 25.3. The van der Waals surface area contributed by atoms with Gasteiger partial charge in [-0.2, -0.15) is 0 Å². The number of benzene rings is 5. The molecule has 0 unspecified atom stereocenters. The largest absolute Gasteiger partial charge is 0.256 e. The summed E-state index contributed by atoms with van der Waals surface area (Å²) < 4.78 is 0. The van der Waals surface area contributed by atoms with Gasteiger partial charge in [-0.25, -0.2) is 9.97 Å². The van der Waals surface area contributed by atoms with Crippen LogP contribution in [-0.2, 0) is 5.41 Å². The van der Waals surface area contributed by atoms with Gasteiger partial charge < -0.3 is 0 Å². The van der Waals surface area contributed by atoms with Crippen LogP contribution in [-0.4, -0.2) is 15.0 Å². The van der Waals surface area contributed by atoms with Crippen molar-refractivity contribution in [3.05, 3.63) is 163 Å². The van der Waals surface area contributed by atoms with E-state index in [4.69, 9.17) is 15.0 Å². The molecule has 0 aliphatic heterocycles. The van der Waals surface area contributed by atoms with E-state index < -0.39 is 0 Å². The minimum absolute atomic E-state index is 0.0987. The molecule has 2 aromatic heterocycles. The van der Waals surface area contributed by atoms with Crippen LogP contribution in [0, 0.1) is 0 Å². The van der Waals surface area contributed by atoms with Crippen molar-refractivity contribution in [2.75, 3.05) is 0 Å². The molecule has 3 heteroatoms. The van der Waals surface area contributed by atoms with E-state index in [1.54, 1.807) is 0 Å². The van der Waals surface area contributed by atoms with Crippen molar-refractivity contribution in [3.63, 3.8) is 0 Å². The molecule has 45 heavy (non-hydrogen) atoms. The van der Waals surface area contributed by atoms with Crippen LogP contribution in [0.15, 0.2) is 152 Å². The van der Waals surface area contributed by atoms with Crippen LogP contribution < -0.4 is 0 Å². The Labute approximate surface area is 264 Å². The maximum atomic E-state index is 5.10. The summed E-state index contributed by atoms with van der Waals surface area (Å²) in [5.41, 5.74) is 14.4. The van der Waals surface area contributed by atoms with Gasteiger partial charge in [0.15, 0.2) is 5.82 Å². The normalized spacial score (nSPS) is 12.8. The van der Waals surface area contributed by atoms with Gasteiger partial charge in [-0.1, -0.05) is 135 Å². The Morgan fingerprint density at radius 2 is 1.07 bits per heavy atom. The van der Waals surface area contributed by atoms with E-state index in [1.165, 1.54) is 27.8 Å². The summed E-state index contributed by atoms with van der Waals surface area (Å²) in [6.45, 7) is 4.65. The number of rotatable bonds is 5. The minimum Gasteiger partial charge on any atom is -0.256 e. The molecule has 5 aromatic carbocycles. The van der Waals surface area contributed by atoms with E-state index in [9.17, 15) is 0 Å². The third-order valence-corrected chi connectivity index (χ3v) is 8.97. The van der Waals surface area contributed by atoms with Crippen LogP contribution in [0.4, 0.5) is 0 Å². The molecule has 0 radical (unpaired) electrons. The molecular weight excluding hydrogens is 546 g/mol. The van der Waals surface area contributed by atoms with Crippen LogP contribution >= 0.6 is 0 Å². The second-order valence-electron chi connectivity index (χ2n) is 12.1. The number of hydrogen-bond donors (Lipinski definition) is 0. The fraction of sp³-hybridized carbons (Fsp3) is 0.0714. The third-order valence-electron chi connectivity index (χ3n) is 8.97. The average molecular weight is 578 g/mol. The molecule has 1 aliphatic carbocycles. The molecule has 0 spiro atoms. The van der Waals surface area contributed by atoms with Gasteiger partial charge in [0, 0.05) is 33.9 Å². The van der Waals surface area contributed by atoms with Crippen molar-refractivity contribution < 1.29 is 0 Å². The fourth-order valence-electron chi connectivity index (χ4n) is 6.73. The molecule has 0 saturated carbocycles. The first-order valence-corrected chi connectivity index (χ1v) is 15.4. The summed E-state index contributed by atoms with van der Waals surface area (Å²) in [5, 5.41) is 0. The smallest absolute Gasteiger partial charge is 0.160 e. The summed E-state index contributed by atoms with van der Waals surface area (Å²) >= 11 is 0. The Morgan fingerprint density at radius 3 is 1.82 bits per heavy atom. The molecule has 0 amide bonds. The molecular formula is C42H31N3. The van der Waals surface area contributed by atoms with Crippen molar-refractivity contribution >= 4 is 0 Å². The van der Waals surface area contributed by atoms with Crippen molar-refractivity contribution in [2.45, 2.75) is 19.3 Å². The average Bonchev–Trinajstić information content (AvgIpc) is 3.35. The Kier molecular flexibility index (Phi) is 6.46. The first-order chi connectivity index (χ1) is 22.1. The molecule has 214 valence electrons. The molecule has 0 bridgehead atoms. The number of fused-ring (bicyclic) bond motifs is 3. The molecule has 7 aromatic rings. The van der Waals surface area contributed by atoms with Crippen molar-refractivity contribution in [2.24, 2.45) is 0 Å². The highest BCUT2D eigenvalue weighted by Crippen LogP contribution is 2.54. The lowest BCUT2D eigenvalue weighted by Gasteiger charge is -2.22. The first kappa shape index (κ1) is 26.9. The number of hydrogen-bond acceptors (Lipinski definition) is 3. The predicted molar refractivity (Wildman–Crippen MR) is 185 cm³/mol. The van der Waals surface area contributed by atoms with Gasteiger partial charge in [0.05, 0.1) is 17.1 Å². The topological polar surface area (TPSA) is 38.7 Å².